The number of unbranched alkanes of at least 4 members (excludes halogenated alkanes) is 1. The first-order valence-corrected chi connectivity index (χ1v) is 7.17. The molecule has 0 unspecified atom stereocenters. The fourth-order valence-corrected chi connectivity index (χ4v) is 2.26. The molecule has 1 N–H and O–H groups in total. The Morgan fingerprint density at radius 3 is 2.95 bits per heavy atom. The molecule has 0 aliphatic rings. The molecule has 0 aliphatic carbocycles. The Morgan fingerprint density at radius 1 is 1.24 bits per heavy atom. The van der Waals surface area contributed by atoms with Gasteiger partial charge in [-0.1, -0.05) is 13.3 Å². The molecule has 0 saturated carbocycles. The van der Waals surface area contributed by atoms with Gasteiger partial charge in [0.2, 0.25) is 5.88 Å². The molecular weight excluding hydrogens is 264 g/mol. The molecule has 0 aliphatic heterocycles. The second kappa shape index (κ2) is 5.91. The van der Waals surface area contributed by atoms with E-state index >= 15 is 0 Å². The lowest BCUT2D eigenvalue weighted by atomic mass is 10.1. The van der Waals surface area contributed by atoms with Crippen LogP contribution in [0.2, 0.25) is 0 Å². The molecular formula is C16H18N4O. The van der Waals surface area contributed by atoms with Crippen LogP contribution in [0.15, 0.2) is 30.9 Å². The zero-order chi connectivity index (χ0) is 14.7. The van der Waals surface area contributed by atoms with E-state index in [0.717, 1.165) is 40.7 Å². The number of aryl methyl sites for hydroxylation is 1. The van der Waals surface area contributed by atoms with Crippen molar-refractivity contribution < 1.29 is 4.74 Å². The summed E-state index contributed by atoms with van der Waals surface area (Å²) < 4.78 is 5.69. The number of aromatic amines is 1. The zero-order valence-corrected chi connectivity index (χ0v) is 12.3. The third-order valence-electron chi connectivity index (χ3n) is 3.39. The summed E-state index contributed by atoms with van der Waals surface area (Å²) in [5.41, 5.74) is 3.71. The summed E-state index contributed by atoms with van der Waals surface area (Å²) in [6.07, 6.45) is 7.39. The van der Waals surface area contributed by atoms with E-state index < -0.39 is 0 Å². The topological polar surface area (TPSA) is 63.7 Å². The third-order valence-corrected chi connectivity index (χ3v) is 3.39. The molecule has 0 radical (unpaired) electrons. The van der Waals surface area contributed by atoms with Crippen molar-refractivity contribution in [2.45, 2.75) is 26.7 Å². The predicted octanol–water partition coefficient (Wildman–Crippen LogP) is 3.51. The van der Waals surface area contributed by atoms with E-state index in [1.807, 2.05) is 25.4 Å². The lowest BCUT2D eigenvalue weighted by Gasteiger charge is -2.09. The van der Waals surface area contributed by atoms with Crippen LogP contribution in [0.4, 0.5) is 0 Å². The second-order valence-electron chi connectivity index (χ2n) is 5.01. The molecule has 3 aromatic rings. The number of rotatable bonds is 5. The maximum Gasteiger partial charge on any atom is 0.216 e. The zero-order valence-electron chi connectivity index (χ0n) is 12.3. The average Bonchev–Trinajstić information content (AvgIpc) is 2.97. The number of H-pyrrole nitrogens is 1. The molecule has 0 bridgehead atoms. The van der Waals surface area contributed by atoms with Gasteiger partial charge in [-0.25, -0.2) is 15.0 Å². The lowest BCUT2D eigenvalue weighted by molar-refractivity contribution is 0.295. The maximum absolute atomic E-state index is 5.69. The standard InChI is InChI=1S/C16H18N4O/c1-3-4-7-21-16-11(2)8-12(9-18-16)14-13-5-6-17-15(13)20-10-19-14/h5-6,8-10H,3-4,7H2,1-2H3,(H,17,19,20). The highest BCUT2D eigenvalue weighted by atomic mass is 16.5. The SMILES string of the molecule is CCCCOc1ncc(-c2ncnc3[nH]ccc23)cc1C. The number of pyridine rings is 1. The van der Waals surface area contributed by atoms with Gasteiger partial charge in [0.1, 0.15) is 12.0 Å². The maximum atomic E-state index is 5.69. The third kappa shape index (κ3) is 2.72. The van der Waals surface area contributed by atoms with E-state index in [1.54, 1.807) is 6.33 Å². The number of hydrogen-bond acceptors (Lipinski definition) is 4. The van der Waals surface area contributed by atoms with Gasteiger partial charge in [0.15, 0.2) is 0 Å². The molecule has 3 aromatic heterocycles. The van der Waals surface area contributed by atoms with Crippen LogP contribution in [0.25, 0.3) is 22.3 Å². The van der Waals surface area contributed by atoms with Crippen molar-refractivity contribution in [1.29, 1.82) is 0 Å². The first-order chi connectivity index (χ1) is 10.3. The molecule has 0 fully saturated rings. The molecule has 3 rings (SSSR count). The Hall–Kier alpha value is -2.43. The van der Waals surface area contributed by atoms with E-state index in [-0.39, 0.29) is 0 Å². The number of nitrogens with one attached hydrogen (secondary N) is 1. The van der Waals surface area contributed by atoms with E-state index in [2.05, 4.69) is 32.9 Å². The molecule has 5 heteroatoms. The first-order valence-electron chi connectivity index (χ1n) is 7.17. The average molecular weight is 282 g/mol. The lowest BCUT2D eigenvalue weighted by Crippen LogP contribution is -2.00. The van der Waals surface area contributed by atoms with Crippen molar-refractivity contribution in [3.63, 3.8) is 0 Å². The Labute approximate surface area is 123 Å². The van der Waals surface area contributed by atoms with Gasteiger partial charge in [-0.3, -0.25) is 0 Å². The van der Waals surface area contributed by atoms with Crippen molar-refractivity contribution in [2.75, 3.05) is 6.61 Å². The smallest absolute Gasteiger partial charge is 0.216 e. The van der Waals surface area contributed by atoms with E-state index in [1.165, 1.54) is 0 Å². The van der Waals surface area contributed by atoms with Crippen molar-refractivity contribution in [3.05, 3.63) is 36.4 Å². The van der Waals surface area contributed by atoms with E-state index in [4.69, 9.17) is 4.74 Å². The minimum Gasteiger partial charge on any atom is -0.477 e. The van der Waals surface area contributed by atoms with Crippen molar-refractivity contribution in [3.8, 4) is 17.1 Å². The molecule has 108 valence electrons. The molecule has 3 heterocycles. The Morgan fingerprint density at radius 2 is 2.14 bits per heavy atom. The monoisotopic (exact) mass is 282 g/mol. The Kier molecular flexibility index (Phi) is 3.81. The Balaban J connectivity index is 1.93. The van der Waals surface area contributed by atoms with Gasteiger partial charge in [-0.05, 0) is 25.5 Å². The summed E-state index contributed by atoms with van der Waals surface area (Å²) in [6.45, 7) is 4.86. The van der Waals surface area contributed by atoms with Crippen LogP contribution >= 0.6 is 0 Å². The van der Waals surface area contributed by atoms with Gasteiger partial charge in [0.05, 0.1) is 12.3 Å². The van der Waals surface area contributed by atoms with Crippen LogP contribution in [0.3, 0.4) is 0 Å². The predicted molar refractivity (Wildman–Crippen MR) is 82.3 cm³/mol. The first kappa shape index (κ1) is 13.5. The molecule has 21 heavy (non-hydrogen) atoms. The van der Waals surface area contributed by atoms with Crippen LogP contribution in [0, 0.1) is 6.92 Å². The molecule has 0 amide bonds. The molecule has 0 spiro atoms. The summed E-state index contributed by atoms with van der Waals surface area (Å²) in [5.74, 6) is 0.701. The van der Waals surface area contributed by atoms with Crippen molar-refractivity contribution >= 4 is 11.0 Å². The summed E-state index contributed by atoms with van der Waals surface area (Å²) >= 11 is 0. The van der Waals surface area contributed by atoms with Crippen LogP contribution < -0.4 is 4.74 Å². The van der Waals surface area contributed by atoms with Crippen LogP contribution in [0.1, 0.15) is 25.3 Å². The highest BCUT2D eigenvalue weighted by molar-refractivity contribution is 5.90. The van der Waals surface area contributed by atoms with Crippen molar-refractivity contribution in [2.24, 2.45) is 0 Å². The van der Waals surface area contributed by atoms with Gasteiger partial charge in [0.25, 0.3) is 0 Å². The normalized spacial score (nSPS) is 11.0. The Bertz CT molecular complexity index is 751. The fourth-order valence-electron chi connectivity index (χ4n) is 2.26. The van der Waals surface area contributed by atoms with Gasteiger partial charge in [-0.2, -0.15) is 0 Å². The number of ether oxygens (including phenoxy) is 1. The minimum atomic E-state index is 0.701. The minimum absolute atomic E-state index is 0.701. The molecule has 0 saturated heterocycles. The molecule has 0 aromatic carbocycles. The summed E-state index contributed by atoms with van der Waals surface area (Å²) in [4.78, 5) is 16.1. The van der Waals surface area contributed by atoms with Crippen LogP contribution in [-0.2, 0) is 0 Å². The fraction of sp³-hybridized carbons (Fsp3) is 0.312. The number of aromatic nitrogens is 4. The molecule has 5 nitrogen and oxygen atoms in total. The second-order valence-corrected chi connectivity index (χ2v) is 5.01. The van der Waals surface area contributed by atoms with Gasteiger partial charge < -0.3 is 9.72 Å². The van der Waals surface area contributed by atoms with Crippen LogP contribution in [-0.4, -0.2) is 26.5 Å². The van der Waals surface area contributed by atoms with Crippen LogP contribution in [0.5, 0.6) is 5.88 Å². The number of hydrogen-bond donors (Lipinski definition) is 1. The van der Waals surface area contributed by atoms with Crippen molar-refractivity contribution in [1.82, 2.24) is 19.9 Å². The number of fused-ring (bicyclic) bond motifs is 1. The summed E-state index contributed by atoms with van der Waals surface area (Å²) in [6, 6.07) is 4.04. The molecule has 0 atom stereocenters. The van der Waals surface area contributed by atoms with E-state index in [0.29, 0.717) is 12.5 Å². The van der Waals surface area contributed by atoms with Gasteiger partial charge >= 0.3 is 0 Å². The van der Waals surface area contributed by atoms with Gasteiger partial charge in [-0.15, -0.1) is 0 Å². The summed E-state index contributed by atoms with van der Waals surface area (Å²) in [7, 11) is 0. The largest absolute Gasteiger partial charge is 0.477 e. The highest BCUT2D eigenvalue weighted by Gasteiger charge is 2.10. The highest BCUT2D eigenvalue weighted by Crippen LogP contribution is 2.27. The number of nitrogens with zero attached hydrogens (tertiary/aromatic N) is 3. The van der Waals surface area contributed by atoms with E-state index in [9.17, 15) is 0 Å². The van der Waals surface area contributed by atoms with Gasteiger partial charge in [0, 0.05) is 28.9 Å². The summed E-state index contributed by atoms with van der Waals surface area (Å²) in [5, 5.41) is 0.998. The quantitative estimate of drug-likeness (QED) is 0.727.